The summed E-state index contributed by atoms with van der Waals surface area (Å²) in [6, 6.07) is 9.32. The Labute approximate surface area is 118 Å². The maximum Gasteiger partial charge on any atom is 0.241 e. The van der Waals surface area contributed by atoms with Gasteiger partial charge in [0.2, 0.25) is 5.91 Å². The maximum atomic E-state index is 11.8. The molecule has 0 spiro atoms. The second-order valence-electron chi connectivity index (χ2n) is 3.98. The molecule has 0 atom stereocenters. The van der Waals surface area contributed by atoms with Crippen LogP contribution in [0.5, 0.6) is 0 Å². The highest BCUT2D eigenvalue weighted by molar-refractivity contribution is 8.01. The molecular weight excluding hydrogens is 278 g/mol. The van der Waals surface area contributed by atoms with Crippen molar-refractivity contribution in [3.8, 4) is 0 Å². The second-order valence-corrected chi connectivity index (χ2v) is 6.23. The highest BCUT2D eigenvalue weighted by atomic mass is 32.2. The standard InChI is InChI=1S/C13H11N3OS2/c14-9-3-4-10-11(7-9)19-13(15-10)18-8-12(17)16-5-1-2-6-16/h1-7H,8,14H2. The first-order valence-electron chi connectivity index (χ1n) is 5.67. The molecule has 6 heteroatoms. The summed E-state index contributed by atoms with van der Waals surface area (Å²) in [7, 11) is 0. The zero-order valence-corrected chi connectivity index (χ0v) is 11.6. The van der Waals surface area contributed by atoms with Crippen LogP contribution in [-0.4, -0.2) is 21.2 Å². The Bertz CT molecular complexity index is 719. The Kier molecular flexibility index (Phi) is 3.27. The number of anilines is 1. The van der Waals surface area contributed by atoms with Crippen molar-refractivity contribution in [2.45, 2.75) is 4.34 Å². The number of carbonyl (C=O) groups is 1. The van der Waals surface area contributed by atoms with Gasteiger partial charge in [0.25, 0.3) is 0 Å². The van der Waals surface area contributed by atoms with E-state index in [-0.39, 0.29) is 5.91 Å². The number of carbonyl (C=O) groups excluding carboxylic acids is 1. The van der Waals surface area contributed by atoms with Gasteiger partial charge in [-0.3, -0.25) is 9.36 Å². The number of aromatic nitrogens is 2. The van der Waals surface area contributed by atoms with Crippen molar-refractivity contribution in [1.82, 2.24) is 9.55 Å². The van der Waals surface area contributed by atoms with E-state index in [0.717, 1.165) is 20.2 Å². The summed E-state index contributed by atoms with van der Waals surface area (Å²) >= 11 is 3.02. The maximum absolute atomic E-state index is 11.8. The molecule has 96 valence electrons. The molecule has 0 radical (unpaired) electrons. The predicted molar refractivity (Wildman–Crippen MR) is 79.8 cm³/mol. The molecule has 0 aliphatic carbocycles. The molecular formula is C13H11N3OS2. The van der Waals surface area contributed by atoms with Gasteiger partial charge >= 0.3 is 0 Å². The number of rotatable bonds is 3. The third kappa shape index (κ3) is 2.64. The van der Waals surface area contributed by atoms with Crippen molar-refractivity contribution in [2.75, 3.05) is 11.5 Å². The van der Waals surface area contributed by atoms with Crippen molar-refractivity contribution < 1.29 is 4.79 Å². The second kappa shape index (κ2) is 5.07. The molecule has 0 bridgehead atoms. The van der Waals surface area contributed by atoms with E-state index in [0.29, 0.717) is 5.75 Å². The van der Waals surface area contributed by atoms with Crippen LogP contribution in [0.25, 0.3) is 10.2 Å². The van der Waals surface area contributed by atoms with E-state index in [1.54, 1.807) is 28.3 Å². The first-order valence-corrected chi connectivity index (χ1v) is 7.47. The Morgan fingerprint density at radius 2 is 2.16 bits per heavy atom. The minimum absolute atomic E-state index is 0.0498. The number of thioether (sulfide) groups is 1. The van der Waals surface area contributed by atoms with Gasteiger partial charge in [-0.05, 0) is 30.3 Å². The van der Waals surface area contributed by atoms with E-state index in [2.05, 4.69) is 4.98 Å². The highest BCUT2D eigenvalue weighted by Crippen LogP contribution is 2.30. The Morgan fingerprint density at radius 3 is 2.95 bits per heavy atom. The topological polar surface area (TPSA) is 60.9 Å². The molecule has 0 unspecified atom stereocenters. The van der Waals surface area contributed by atoms with Gasteiger partial charge in [-0.2, -0.15) is 0 Å². The van der Waals surface area contributed by atoms with Crippen molar-refractivity contribution in [1.29, 1.82) is 0 Å². The van der Waals surface area contributed by atoms with Crippen molar-refractivity contribution in [3.05, 3.63) is 42.7 Å². The minimum atomic E-state index is 0.0498. The summed E-state index contributed by atoms with van der Waals surface area (Å²) in [5.41, 5.74) is 7.39. The van der Waals surface area contributed by atoms with E-state index in [1.165, 1.54) is 11.8 Å². The van der Waals surface area contributed by atoms with E-state index in [9.17, 15) is 4.79 Å². The van der Waals surface area contributed by atoms with Crippen LogP contribution >= 0.6 is 23.1 Å². The average molecular weight is 289 g/mol. The lowest BCUT2D eigenvalue weighted by atomic mass is 10.3. The summed E-state index contributed by atoms with van der Waals surface area (Å²) in [6.45, 7) is 0. The van der Waals surface area contributed by atoms with Crippen LogP contribution in [0.2, 0.25) is 0 Å². The molecule has 0 aliphatic heterocycles. The van der Waals surface area contributed by atoms with Crippen molar-refractivity contribution >= 4 is 44.9 Å². The van der Waals surface area contributed by atoms with Gasteiger partial charge in [0.15, 0.2) is 4.34 Å². The van der Waals surface area contributed by atoms with Crippen LogP contribution in [0.3, 0.4) is 0 Å². The Morgan fingerprint density at radius 1 is 1.37 bits per heavy atom. The average Bonchev–Trinajstić information content (AvgIpc) is 3.04. The van der Waals surface area contributed by atoms with Gasteiger partial charge in [0.05, 0.1) is 16.0 Å². The molecule has 1 aromatic carbocycles. The molecule has 2 aromatic heterocycles. The van der Waals surface area contributed by atoms with Crippen LogP contribution in [0.4, 0.5) is 5.69 Å². The smallest absolute Gasteiger partial charge is 0.241 e. The third-order valence-corrected chi connectivity index (χ3v) is 4.75. The zero-order valence-electron chi connectivity index (χ0n) is 9.95. The van der Waals surface area contributed by atoms with E-state index < -0.39 is 0 Å². The minimum Gasteiger partial charge on any atom is -0.399 e. The quantitative estimate of drug-likeness (QED) is 0.594. The monoisotopic (exact) mass is 289 g/mol. The zero-order chi connectivity index (χ0) is 13.2. The third-order valence-electron chi connectivity index (χ3n) is 2.60. The van der Waals surface area contributed by atoms with Crippen LogP contribution in [0.15, 0.2) is 47.1 Å². The van der Waals surface area contributed by atoms with Gasteiger partial charge in [0, 0.05) is 18.1 Å². The van der Waals surface area contributed by atoms with E-state index in [4.69, 9.17) is 5.73 Å². The molecule has 0 amide bonds. The predicted octanol–water partition coefficient (Wildman–Crippen LogP) is 3.11. The van der Waals surface area contributed by atoms with Crippen LogP contribution in [-0.2, 0) is 0 Å². The largest absolute Gasteiger partial charge is 0.399 e. The molecule has 4 nitrogen and oxygen atoms in total. The number of hydrogen-bond donors (Lipinski definition) is 1. The molecule has 0 fully saturated rings. The molecule has 2 heterocycles. The number of fused-ring (bicyclic) bond motifs is 1. The van der Waals surface area contributed by atoms with Crippen LogP contribution in [0, 0.1) is 0 Å². The number of nitrogens with two attached hydrogens (primary N) is 1. The number of nitrogen functional groups attached to an aromatic ring is 1. The first kappa shape index (κ1) is 12.3. The fourth-order valence-electron chi connectivity index (χ4n) is 1.68. The van der Waals surface area contributed by atoms with Gasteiger partial charge < -0.3 is 5.73 Å². The summed E-state index contributed by atoms with van der Waals surface area (Å²) in [4.78, 5) is 16.3. The lowest BCUT2D eigenvalue weighted by Gasteiger charge is -1.98. The van der Waals surface area contributed by atoms with E-state index >= 15 is 0 Å². The molecule has 0 saturated carbocycles. The molecule has 0 saturated heterocycles. The molecule has 2 N–H and O–H groups in total. The first-order chi connectivity index (χ1) is 9.22. The number of thiazole rings is 1. The SMILES string of the molecule is Nc1ccc2nc(SCC(=O)n3cccc3)sc2c1. The van der Waals surface area contributed by atoms with Gasteiger partial charge in [0.1, 0.15) is 0 Å². The lowest BCUT2D eigenvalue weighted by Crippen LogP contribution is -2.10. The van der Waals surface area contributed by atoms with Crippen LogP contribution < -0.4 is 5.73 Å². The molecule has 3 aromatic rings. The van der Waals surface area contributed by atoms with Crippen molar-refractivity contribution in [3.63, 3.8) is 0 Å². The fraction of sp³-hybridized carbons (Fsp3) is 0.0769. The molecule has 19 heavy (non-hydrogen) atoms. The summed E-state index contributed by atoms with van der Waals surface area (Å²) in [5, 5.41) is 0. The lowest BCUT2D eigenvalue weighted by molar-refractivity contribution is 0.0942. The molecule has 3 rings (SSSR count). The summed E-state index contributed by atoms with van der Waals surface area (Å²) in [5.74, 6) is 0.429. The van der Waals surface area contributed by atoms with Gasteiger partial charge in [-0.1, -0.05) is 11.8 Å². The van der Waals surface area contributed by atoms with Crippen LogP contribution in [0.1, 0.15) is 4.79 Å². The van der Waals surface area contributed by atoms with Gasteiger partial charge in [-0.25, -0.2) is 4.98 Å². The van der Waals surface area contributed by atoms with Gasteiger partial charge in [-0.15, -0.1) is 11.3 Å². The highest BCUT2D eigenvalue weighted by Gasteiger charge is 2.08. The summed E-state index contributed by atoms with van der Waals surface area (Å²) in [6.07, 6.45) is 3.50. The Balaban J connectivity index is 1.73. The normalized spacial score (nSPS) is 10.9. The fourth-order valence-corrected chi connectivity index (χ4v) is 3.67. The summed E-state index contributed by atoms with van der Waals surface area (Å²) < 4.78 is 3.52. The molecule has 0 aliphatic rings. The van der Waals surface area contributed by atoms with Crippen molar-refractivity contribution in [2.24, 2.45) is 0 Å². The number of nitrogens with zero attached hydrogens (tertiary/aromatic N) is 2. The van der Waals surface area contributed by atoms with E-state index in [1.807, 2.05) is 30.3 Å². The number of hydrogen-bond acceptors (Lipinski definition) is 5. The number of benzene rings is 1. The Hall–Kier alpha value is -1.79.